The normalized spacial score (nSPS) is 11.6. The van der Waals surface area contributed by atoms with Crippen LogP contribution in [0, 0.1) is 0 Å². The molecule has 0 fully saturated rings. The number of sulfone groups is 1. The van der Waals surface area contributed by atoms with Crippen LogP contribution >= 0.6 is 0 Å². The molecule has 0 bridgehead atoms. The second kappa shape index (κ2) is 6.95. The molecule has 0 radical (unpaired) electrons. The zero-order valence-corrected chi connectivity index (χ0v) is 9.60. The predicted octanol–water partition coefficient (Wildman–Crippen LogP) is 0.807. The molecule has 0 saturated carbocycles. The summed E-state index contributed by atoms with van der Waals surface area (Å²) >= 11 is 0. The van der Waals surface area contributed by atoms with Gasteiger partial charge in [0.05, 0.1) is 5.75 Å². The van der Waals surface area contributed by atoms with Gasteiger partial charge in [-0.25, -0.2) is 8.42 Å². The van der Waals surface area contributed by atoms with E-state index in [2.05, 4.69) is 0 Å². The molecule has 0 N–H and O–H groups in total. The van der Waals surface area contributed by atoms with Crippen molar-refractivity contribution in [3.8, 4) is 0 Å². The van der Waals surface area contributed by atoms with Crippen molar-refractivity contribution < 1.29 is 17.9 Å². The Kier molecular flexibility index (Phi) is 6.74. The molecule has 0 aromatic heterocycles. The van der Waals surface area contributed by atoms with Crippen LogP contribution in [0.15, 0.2) is 0 Å². The first-order valence-corrected chi connectivity index (χ1v) is 6.79. The molecule has 0 aliphatic heterocycles. The summed E-state index contributed by atoms with van der Waals surface area (Å²) < 4.78 is 26.5. The highest BCUT2D eigenvalue weighted by atomic mass is 32.2. The number of Topliss-reactive ketones (excluding diaryl/α,β-unsaturated/α-hetero) is 1. The standard InChI is InChI=1S/C9H18O4S/c1-3-6-13-8-9(10)5-4-7-14(2,11)12/h3-8H2,1-2H3. The van der Waals surface area contributed by atoms with Crippen LogP contribution in [0.1, 0.15) is 26.2 Å². The molecular formula is C9H18O4S. The minimum atomic E-state index is -2.94. The average Bonchev–Trinajstić information content (AvgIpc) is 2.02. The molecule has 0 atom stereocenters. The zero-order valence-electron chi connectivity index (χ0n) is 8.78. The summed E-state index contributed by atoms with van der Waals surface area (Å²) in [6.07, 6.45) is 2.74. The molecule has 0 heterocycles. The summed E-state index contributed by atoms with van der Waals surface area (Å²) in [7, 11) is -2.94. The van der Waals surface area contributed by atoms with Crippen molar-refractivity contribution in [1.82, 2.24) is 0 Å². The van der Waals surface area contributed by atoms with Crippen LogP contribution in [0.25, 0.3) is 0 Å². The molecule has 5 heteroatoms. The van der Waals surface area contributed by atoms with Crippen LogP contribution in [0.5, 0.6) is 0 Å². The monoisotopic (exact) mass is 222 g/mol. The molecule has 84 valence electrons. The van der Waals surface area contributed by atoms with Crippen molar-refractivity contribution in [3.63, 3.8) is 0 Å². The Hall–Kier alpha value is -0.420. The maximum absolute atomic E-state index is 11.1. The van der Waals surface area contributed by atoms with Gasteiger partial charge in [0.25, 0.3) is 0 Å². The predicted molar refractivity (Wildman–Crippen MR) is 55.1 cm³/mol. The van der Waals surface area contributed by atoms with Gasteiger partial charge in [-0.1, -0.05) is 6.92 Å². The van der Waals surface area contributed by atoms with Gasteiger partial charge in [0.15, 0.2) is 5.78 Å². The highest BCUT2D eigenvalue weighted by Crippen LogP contribution is 1.96. The molecule has 0 aromatic rings. The number of hydrogen-bond acceptors (Lipinski definition) is 4. The van der Waals surface area contributed by atoms with Gasteiger partial charge in [0, 0.05) is 19.3 Å². The fraction of sp³-hybridized carbons (Fsp3) is 0.889. The van der Waals surface area contributed by atoms with Gasteiger partial charge in [-0.2, -0.15) is 0 Å². The fourth-order valence-corrected chi connectivity index (χ4v) is 1.60. The molecule has 14 heavy (non-hydrogen) atoms. The van der Waals surface area contributed by atoms with E-state index in [0.717, 1.165) is 6.42 Å². The minimum Gasteiger partial charge on any atom is -0.374 e. The molecule has 0 aliphatic carbocycles. The highest BCUT2D eigenvalue weighted by molar-refractivity contribution is 7.90. The molecule has 0 amide bonds. The third kappa shape index (κ3) is 9.67. The summed E-state index contributed by atoms with van der Waals surface area (Å²) in [5.74, 6) is 0.0501. The lowest BCUT2D eigenvalue weighted by Crippen LogP contribution is -2.11. The second-order valence-corrected chi connectivity index (χ2v) is 5.58. The largest absolute Gasteiger partial charge is 0.374 e. The minimum absolute atomic E-state index is 0.0258. The molecule has 4 nitrogen and oxygen atoms in total. The smallest absolute Gasteiger partial charge is 0.158 e. The lowest BCUT2D eigenvalue weighted by molar-refractivity contribution is -0.123. The number of rotatable bonds is 8. The first kappa shape index (κ1) is 13.6. The van der Waals surface area contributed by atoms with Gasteiger partial charge in [-0.15, -0.1) is 0 Å². The summed E-state index contributed by atoms with van der Waals surface area (Å²) in [4.78, 5) is 11.1. The maximum atomic E-state index is 11.1. The van der Waals surface area contributed by atoms with Crippen molar-refractivity contribution in [3.05, 3.63) is 0 Å². The van der Waals surface area contributed by atoms with E-state index in [1.807, 2.05) is 6.92 Å². The Morgan fingerprint density at radius 1 is 1.36 bits per heavy atom. The van der Waals surface area contributed by atoms with Gasteiger partial charge in [0.1, 0.15) is 16.4 Å². The summed E-state index contributed by atoms with van der Waals surface area (Å²) in [5.41, 5.74) is 0. The van der Waals surface area contributed by atoms with E-state index in [4.69, 9.17) is 4.74 Å². The number of carbonyl (C=O) groups is 1. The third-order valence-electron chi connectivity index (χ3n) is 1.58. The fourth-order valence-electron chi connectivity index (χ4n) is 0.934. The van der Waals surface area contributed by atoms with Crippen LogP contribution in [0.4, 0.5) is 0 Å². The number of ether oxygens (including phenoxy) is 1. The van der Waals surface area contributed by atoms with Gasteiger partial charge >= 0.3 is 0 Å². The van der Waals surface area contributed by atoms with Crippen molar-refractivity contribution >= 4 is 15.6 Å². The van der Waals surface area contributed by atoms with Crippen LogP contribution in [0.2, 0.25) is 0 Å². The van der Waals surface area contributed by atoms with Crippen LogP contribution < -0.4 is 0 Å². The summed E-state index contributed by atoms with van der Waals surface area (Å²) in [6.45, 7) is 2.66. The molecule has 0 unspecified atom stereocenters. The lowest BCUT2D eigenvalue weighted by Gasteiger charge is -2.01. The topological polar surface area (TPSA) is 60.4 Å². The molecule has 0 rings (SSSR count). The number of ketones is 1. The first-order chi connectivity index (χ1) is 6.45. The van der Waals surface area contributed by atoms with Gasteiger partial charge in [-0.05, 0) is 12.8 Å². The number of hydrogen-bond donors (Lipinski definition) is 0. The van der Waals surface area contributed by atoms with Crippen molar-refractivity contribution in [2.24, 2.45) is 0 Å². The van der Waals surface area contributed by atoms with E-state index in [-0.39, 0.29) is 24.6 Å². The average molecular weight is 222 g/mol. The quantitative estimate of drug-likeness (QED) is 0.570. The molecule has 0 saturated heterocycles. The molecule has 0 aliphatic rings. The molecular weight excluding hydrogens is 204 g/mol. The Morgan fingerprint density at radius 2 is 2.00 bits per heavy atom. The SMILES string of the molecule is CCCOCC(=O)CCCS(C)(=O)=O. The van der Waals surface area contributed by atoms with Crippen molar-refractivity contribution in [2.75, 3.05) is 25.2 Å². The van der Waals surface area contributed by atoms with E-state index in [1.54, 1.807) is 0 Å². The van der Waals surface area contributed by atoms with E-state index < -0.39 is 9.84 Å². The third-order valence-corrected chi connectivity index (χ3v) is 2.61. The van der Waals surface area contributed by atoms with E-state index in [1.165, 1.54) is 6.26 Å². The van der Waals surface area contributed by atoms with E-state index >= 15 is 0 Å². The summed E-state index contributed by atoms with van der Waals surface area (Å²) in [5, 5.41) is 0. The molecule has 0 aromatic carbocycles. The Bertz CT molecular complexity index is 256. The Labute approximate surface area is 85.6 Å². The first-order valence-electron chi connectivity index (χ1n) is 4.73. The second-order valence-electron chi connectivity index (χ2n) is 3.32. The van der Waals surface area contributed by atoms with Gasteiger partial charge in [0.2, 0.25) is 0 Å². The van der Waals surface area contributed by atoms with Crippen LogP contribution in [-0.2, 0) is 19.4 Å². The maximum Gasteiger partial charge on any atom is 0.158 e. The van der Waals surface area contributed by atoms with Crippen LogP contribution in [0.3, 0.4) is 0 Å². The van der Waals surface area contributed by atoms with Gasteiger partial charge < -0.3 is 4.74 Å². The van der Waals surface area contributed by atoms with Crippen molar-refractivity contribution in [2.45, 2.75) is 26.2 Å². The van der Waals surface area contributed by atoms with E-state index in [9.17, 15) is 13.2 Å². The number of carbonyl (C=O) groups excluding carboxylic acids is 1. The van der Waals surface area contributed by atoms with Crippen molar-refractivity contribution in [1.29, 1.82) is 0 Å². The lowest BCUT2D eigenvalue weighted by atomic mass is 10.2. The zero-order chi connectivity index (χ0) is 11.0. The highest BCUT2D eigenvalue weighted by Gasteiger charge is 2.05. The molecule has 0 spiro atoms. The summed E-state index contributed by atoms with van der Waals surface area (Å²) in [6, 6.07) is 0. The van der Waals surface area contributed by atoms with E-state index in [0.29, 0.717) is 13.0 Å². The Morgan fingerprint density at radius 3 is 2.50 bits per heavy atom. The van der Waals surface area contributed by atoms with Gasteiger partial charge in [-0.3, -0.25) is 4.79 Å². The Balaban J connectivity index is 3.45. The van der Waals surface area contributed by atoms with Crippen LogP contribution in [-0.4, -0.2) is 39.4 Å².